The summed E-state index contributed by atoms with van der Waals surface area (Å²) in [6.45, 7) is 2.31. The summed E-state index contributed by atoms with van der Waals surface area (Å²) in [7, 11) is 0. The fourth-order valence-electron chi connectivity index (χ4n) is 1.62. The highest BCUT2D eigenvalue weighted by Gasteiger charge is 2.06. The van der Waals surface area contributed by atoms with Crippen molar-refractivity contribution in [2.45, 2.75) is 13.5 Å². The maximum absolute atomic E-state index is 13.7. The molecule has 1 aromatic heterocycles. The smallest absolute Gasteiger partial charge is 0.135 e. The monoisotopic (exact) mass is 276 g/mol. The van der Waals surface area contributed by atoms with Gasteiger partial charge in [-0.05, 0) is 31.2 Å². The number of nitrogens with zero attached hydrogens (tertiary/aromatic N) is 2. The van der Waals surface area contributed by atoms with Gasteiger partial charge in [-0.1, -0.05) is 12.2 Å². The number of hydrogen-bond donors (Lipinski definition) is 2. The van der Waals surface area contributed by atoms with Gasteiger partial charge in [0, 0.05) is 17.4 Å². The van der Waals surface area contributed by atoms with Crippen LogP contribution in [0.4, 0.5) is 10.1 Å². The number of nitrogens with one attached hydrogen (secondary N) is 1. The lowest BCUT2D eigenvalue weighted by molar-refractivity contribution is 0.626. The Morgan fingerprint density at radius 2 is 2.21 bits per heavy atom. The minimum Gasteiger partial charge on any atom is -0.389 e. The molecule has 0 aliphatic carbocycles. The van der Waals surface area contributed by atoms with Gasteiger partial charge in [0.05, 0.1) is 12.2 Å². The first-order valence-electron chi connectivity index (χ1n) is 5.68. The normalized spacial score (nSPS) is 10.2. The lowest BCUT2D eigenvalue weighted by atomic mass is 10.2. The highest BCUT2D eigenvalue weighted by atomic mass is 32.1. The predicted octanol–water partition coefficient (Wildman–Crippen LogP) is 2.17. The Kier molecular flexibility index (Phi) is 4.01. The molecule has 0 aliphatic rings. The number of anilines is 1. The summed E-state index contributed by atoms with van der Waals surface area (Å²) in [5.74, 6) is 0.269. The van der Waals surface area contributed by atoms with E-state index < -0.39 is 5.82 Å². The van der Waals surface area contributed by atoms with Gasteiger partial charge < -0.3 is 11.1 Å². The average molecular weight is 276 g/mol. The Bertz CT molecular complexity index is 615. The maximum Gasteiger partial charge on any atom is 0.135 e. The Balaban J connectivity index is 2.08. The van der Waals surface area contributed by atoms with Crippen molar-refractivity contribution >= 4 is 22.9 Å². The highest BCUT2D eigenvalue weighted by Crippen LogP contribution is 2.15. The van der Waals surface area contributed by atoms with E-state index in [1.165, 1.54) is 6.07 Å². The number of nitrogens with two attached hydrogens (primary N) is 1. The zero-order valence-electron chi connectivity index (χ0n) is 10.4. The van der Waals surface area contributed by atoms with Crippen LogP contribution < -0.4 is 11.1 Å². The average Bonchev–Trinajstić information content (AvgIpc) is 2.36. The van der Waals surface area contributed by atoms with E-state index >= 15 is 0 Å². The van der Waals surface area contributed by atoms with Crippen molar-refractivity contribution in [3.05, 3.63) is 53.4 Å². The minimum absolute atomic E-state index is 0.0514. The molecule has 1 aromatic carbocycles. The Morgan fingerprint density at radius 1 is 1.42 bits per heavy atom. The van der Waals surface area contributed by atoms with E-state index in [0.717, 1.165) is 5.69 Å². The SMILES string of the molecule is Cc1nccc(CNc2ccc(C(N)=S)c(F)c2)n1. The van der Waals surface area contributed by atoms with Gasteiger partial charge in [-0.25, -0.2) is 14.4 Å². The fraction of sp³-hybridized carbons (Fsp3) is 0.154. The van der Waals surface area contributed by atoms with Gasteiger partial charge >= 0.3 is 0 Å². The Morgan fingerprint density at radius 3 is 2.84 bits per heavy atom. The number of thiocarbonyl (C=S) groups is 1. The van der Waals surface area contributed by atoms with Crippen LogP contribution in [0.25, 0.3) is 0 Å². The second kappa shape index (κ2) is 5.71. The number of hydrogen-bond acceptors (Lipinski definition) is 4. The van der Waals surface area contributed by atoms with Crippen molar-refractivity contribution < 1.29 is 4.39 Å². The van der Waals surface area contributed by atoms with Gasteiger partial charge in [0.2, 0.25) is 0 Å². The topological polar surface area (TPSA) is 63.8 Å². The first-order valence-corrected chi connectivity index (χ1v) is 6.09. The van der Waals surface area contributed by atoms with Gasteiger partial charge in [-0.3, -0.25) is 0 Å². The first kappa shape index (κ1) is 13.4. The van der Waals surface area contributed by atoms with E-state index in [0.29, 0.717) is 18.1 Å². The third-order valence-electron chi connectivity index (χ3n) is 2.54. The summed E-state index contributed by atoms with van der Waals surface area (Å²) in [4.78, 5) is 8.31. The van der Waals surface area contributed by atoms with Crippen LogP contribution in [0.2, 0.25) is 0 Å². The number of aryl methyl sites for hydroxylation is 1. The molecule has 4 nitrogen and oxygen atoms in total. The predicted molar refractivity (Wildman–Crippen MR) is 76.4 cm³/mol. The van der Waals surface area contributed by atoms with E-state index in [1.807, 2.05) is 6.92 Å². The van der Waals surface area contributed by atoms with Crippen molar-refractivity contribution in [2.75, 3.05) is 5.32 Å². The van der Waals surface area contributed by atoms with Gasteiger partial charge in [0.1, 0.15) is 16.6 Å². The fourth-order valence-corrected chi connectivity index (χ4v) is 1.79. The zero-order chi connectivity index (χ0) is 13.8. The van der Waals surface area contributed by atoms with Gasteiger partial charge in [0.15, 0.2) is 0 Å². The molecule has 1 heterocycles. The van der Waals surface area contributed by atoms with E-state index in [4.69, 9.17) is 18.0 Å². The molecule has 2 aromatic rings. The summed E-state index contributed by atoms with van der Waals surface area (Å²) < 4.78 is 13.7. The second-order valence-corrected chi connectivity index (χ2v) is 4.45. The molecule has 0 spiro atoms. The van der Waals surface area contributed by atoms with Crippen LogP contribution in [-0.4, -0.2) is 15.0 Å². The van der Waals surface area contributed by atoms with Crippen molar-refractivity contribution in [1.82, 2.24) is 9.97 Å². The summed E-state index contributed by atoms with van der Waals surface area (Å²) in [5.41, 5.74) is 7.14. The van der Waals surface area contributed by atoms with Crippen LogP contribution in [-0.2, 0) is 6.54 Å². The number of rotatable bonds is 4. The van der Waals surface area contributed by atoms with Crippen LogP contribution >= 0.6 is 12.2 Å². The lowest BCUT2D eigenvalue weighted by Crippen LogP contribution is -2.12. The first-order chi connectivity index (χ1) is 9.06. The van der Waals surface area contributed by atoms with Crippen LogP contribution in [0.3, 0.4) is 0 Å². The molecular formula is C13H13FN4S. The summed E-state index contributed by atoms with van der Waals surface area (Å²) >= 11 is 4.75. The summed E-state index contributed by atoms with van der Waals surface area (Å²) in [6, 6.07) is 6.46. The minimum atomic E-state index is -0.434. The van der Waals surface area contributed by atoms with E-state index in [-0.39, 0.29) is 10.6 Å². The van der Waals surface area contributed by atoms with Crippen molar-refractivity contribution in [3.8, 4) is 0 Å². The maximum atomic E-state index is 13.7. The van der Waals surface area contributed by atoms with E-state index in [9.17, 15) is 4.39 Å². The molecule has 0 aliphatic heterocycles. The zero-order valence-corrected chi connectivity index (χ0v) is 11.2. The molecule has 19 heavy (non-hydrogen) atoms. The molecule has 0 atom stereocenters. The molecule has 0 unspecified atom stereocenters. The summed E-state index contributed by atoms with van der Waals surface area (Å²) in [6.07, 6.45) is 1.69. The molecule has 0 amide bonds. The van der Waals surface area contributed by atoms with Crippen LogP contribution in [0.5, 0.6) is 0 Å². The van der Waals surface area contributed by atoms with Crippen molar-refractivity contribution in [2.24, 2.45) is 5.73 Å². The molecule has 6 heteroatoms. The second-order valence-electron chi connectivity index (χ2n) is 4.01. The molecule has 0 saturated heterocycles. The number of benzene rings is 1. The van der Waals surface area contributed by atoms with Gasteiger partial charge in [-0.15, -0.1) is 0 Å². The molecule has 0 fully saturated rings. The molecule has 98 valence electrons. The van der Waals surface area contributed by atoms with Crippen LogP contribution in [0.1, 0.15) is 17.1 Å². The number of aromatic nitrogens is 2. The molecule has 0 radical (unpaired) electrons. The third-order valence-corrected chi connectivity index (χ3v) is 2.76. The molecule has 2 rings (SSSR count). The largest absolute Gasteiger partial charge is 0.389 e. The quantitative estimate of drug-likeness (QED) is 0.838. The standard InChI is InChI=1S/C13H13FN4S/c1-8-16-5-4-10(18-8)7-17-9-2-3-11(13(15)19)12(14)6-9/h2-6,17H,7H2,1H3,(H2,15,19). The molecule has 0 saturated carbocycles. The highest BCUT2D eigenvalue weighted by molar-refractivity contribution is 7.80. The molecule has 3 N–H and O–H groups in total. The summed E-state index contributed by atoms with van der Waals surface area (Å²) in [5, 5.41) is 3.08. The number of halogens is 1. The lowest BCUT2D eigenvalue weighted by Gasteiger charge is -2.08. The Hall–Kier alpha value is -2.08. The van der Waals surface area contributed by atoms with Crippen molar-refractivity contribution in [1.29, 1.82) is 0 Å². The van der Waals surface area contributed by atoms with E-state index in [2.05, 4.69) is 15.3 Å². The van der Waals surface area contributed by atoms with Gasteiger partial charge in [0.25, 0.3) is 0 Å². The Labute approximate surface area is 115 Å². The molecular weight excluding hydrogens is 263 g/mol. The third kappa shape index (κ3) is 3.45. The van der Waals surface area contributed by atoms with Crippen LogP contribution in [0.15, 0.2) is 30.5 Å². The van der Waals surface area contributed by atoms with Gasteiger partial charge in [-0.2, -0.15) is 0 Å². The van der Waals surface area contributed by atoms with E-state index in [1.54, 1.807) is 24.4 Å². The van der Waals surface area contributed by atoms with Crippen molar-refractivity contribution in [3.63, 3.8) is 0 Å². The molecule has 0 bridgehead atoms. The van der Waals surface area contributed by atoms with Crippen LogP contribution in [0, 0.1) is 12.7 Å².